The summed E-state index contributed by atoms with van der Waals surface area (Å²) in [7, 11) is 1.98. The van der Waals surface area contributed by atoms with Crippen LogP contribution >= 0.6 is 0 Å². The summed E-state index contributed by atoms with van der Waals surface area (Å²) in [6.07, 6.45) is 1.48. The largest absolute Gasteiger partial charge is 0.384 e. The number of nitrogen functional groups attached to an aromatic ring is 1. The van der Waals surface area contributed by atoms with Crippen LogP contribution in [0.5, 0.6) is 0 Å². The van der Waals surface area contributed by atoms with Crippen molar-refractivity contribution in [2.75, 3.05) is 17.7 Å². The van der Waals surface area contributed by atoms with Gasteiger partial charge in [0.25, 0.3) is 0 Å². The van der Waals surface area contributed by atoms with Gasteiger partial charge in [0.15, 0.2) is 0 Å². The first kappa shape index (κ1) is 10.4. The molecule has 0 fully saturated rings. The van der Waals surface area contributed by atoms with Gasteiger partial charge < -0.3 is 10.6 Å². The third kappa shape index (κ3) is 2.48. The quantitative estimate of drug-likeness (QED) is 0.844. The lowest BCUT2D eigenvalue weighted by atomic mass is 10.2. The van der Waals surface area contributed by atoms with Crippen molar-refractivity contribution in [3.8, 4) is 0 Å². The number of nitrogens with zero attached hydrogens (tertiary/aromatic N) is 3. The van der Waals surface area contributed by atoms with E-state index in [4.69, 9.17) is 5.73 Å². The molecule has 4 nitrogen and oxygen atoms in total. The normalized spacial score (nSPS) is 10.1. The average Bonchev–Trinajstić information content (AvgIpc) is 2.30. The summed E-state index contributed by atoms with van der Waals surface area (Å²) >= 11 is 0. The Labute approximate surface area is 94.8 Å². The van der Waals surface area contributed by atoms with Crippen LogP contribution in [0.4, 0.5) is 11.6 Å². The van der Waals surface area contributed by atoms with Gasteiger partial charge in [0.05, 0.1) is 0 Å². The third-order valence-corrected chi connectivity index (χ3v) is 2.33. The summed E-state index contributed by atoms with van der Waals surface area (Å²) in [6, 6.07) is 12.0. The van der Waals surface area contributed by atoms with E-state index in [-0.39, 0.29) is 0 Å². The molecular formula is C12H14N4. The van der Waals surface area contributed by atoms with E-state index < -0.39 is 0 Å². The van der Waals surface area contributed by atoms with Crippen molar-refractivity contribution in [1.82, 2.24) is 9.97 Å². The van der Waals surface area contributed by atoms with Crippen LogP contribution in [0.15, 0.2) is 42.7 Å². The van der Waals surface area contributed by atoms with E-state index in [0.717, 1.165) is 12.4 Å². The average molecular weight is 214 g/mol. The molecule has 0 spiro atoms. The summed E-state index contributed by atoms with van der Waals surface area (Å²) in [4.78, 5) is 10.1. The first-order chi connectivity index (χ1) is 7.75. The van der Waals surface area contributed by atoms with Gasteiger partial charge in [0.1, 0.15) is 18.0 Å². The molecule has 0 saturated carbocycles. The lowest BCUT2D eigenvalue weighted by molar-refractivity contribution is 0.892. The number of benzene rings is 1. The van der Waals surface area contributed by atoms with E-state index in [1.165, 1.54) is 11.9 Å². The van der Waals surface area contributed by atoms with Gasteiger partial charge in [0.2, 0.25) is 0 Å². The molecule has 0 bridgehead atoms. The Hall–Kier alpha value is -2.10. The monoisotopic (exact) mass is 214 g/mol. The Morgan fingerprint density at radius 2 is 1.94 bits per heavy atom. The second kappa shape index (κ2) is 4.61. The van der Waals surface area contributed by atoms with Gasteiger partial charge in [-0.05, 0) is 5.56 Å². The van der Waals surface area contributed by atoms with E-state index in [1.807, 2.05) is 30.1 Å². The number of anilines is 2. The summed E-state index contributed by atoms with van der Waals surface area (Å²) < 4.78 is 0. The van der Waals surface area contributed by atoms with E-state index in [9.17, 15) is 0 Å². The summed E-state index contributed by atoms with van der Waals surface area (Å²) in [5.41, 5.74) is 6.85. The predicted octanol–water partition coefficient (Wildman–Crippen LogP) is 1.70. The molecule has 1 aromatic carbocycles. The van der Waals surface area contributed by atoms with Gasteiger partial charge in [-0.1, -0.05) is 30.3 Å². The van der Waals surface area contributed by atoms with Crippen molar-refractivity contribution in [1.29, 1.82) is 0 Å². The minimum atomic E-state index is 0.491. The zero-order valence-electron chi connectivity index (χ0n) is 9.17. The van der Waals surface area contributed by atoms with E-state index >= 15 is 0 Å². The Balaban J connectivity index is 2.12. The maximum absolute atomic E-state index is 5.61. The molecular weight excluding hydrogens is 200 g/mol. The number of aromatic nitrogens is 2. The fraction of sp³-hybridized carbons (Fsp3) is 0.167. The molecule has 1 heterocycles. The van der Waals surface area contributed by atoms with Crippen LogP contribution in [0.3, 0.4) is 0 Å². The van der Waals surface area contributed by atoms with E-state index in [1.54, 1.807) is 6.07 Å². The van der Waals surface area contributed by atoms with Crippen molar-refractivity contribution in [2.24, 2.45) is 0 Å². The van der Waals surface area contributed by atoms with Crippen molar-refractivity contribution in [3.05, 3.63) is 48.3 Å². The van der Waals surface area contributed by atoms with Crippen molar-refractivity contribution < 1.29 is 0 Å². The molecule has 4 heteroatoms. The van der Waals surface area contributed by atoms with Gasteiger partial charge in [-0.3, -0.25) is 0 Å². The molecule has 0 aliphatic rings. The van der Waals surface area contributed by atoms with E-state index in [0.29, 0.717) is 5.82 Å². The van der Waals surface area contributed by atoms with Crippen LogP contribution in [-0.4, -0.2) is 17.0 Å². The smallest absolute Gasteiger partial charge is 0.134 e. The molecule has 2 N–H and O–H groups in total. The second-order valence-corrected chi connectivity index (χ2v) is 3.64. The fourth-order valence-electron chi connectivity index (χ4n) is 1.51. The standard InChI is InChI=1S/C12H14N4/c1-16(8-10-5-3-2-4-6-10)12-7-11(13)14-9-15-12/h2-7,9H,8H2,1H3,(H2,13,14,15). The molecule has 16 heavy (non-hydrogen) atoms. The minimum absolute atomic E-state index is 0.491. The first-order valence-electron chi connectivity index (χ1n) is 5.08. The van der Waals surface area contributed by atoms with Gasteiger partial charge in [-0.25, -0.2) is 9.97 Å². The third-order valence-electron chi connectivity index (χ3n) is 2.33. The summed E-state index contributed by atoms with van der Waals surface area (Å²) in [6.45, 7) is 0.803. The van der Waals surface area contributed by atoms with Crippen LogP contribution in [-0.2, 0) is 6.54 Å². The van der Waals surface area contributed by atoms with Crippen molar-refractivity contribution in [2.45, 2.75) is 6.54 Å². The molecule has 2 rings (SSSR count). The SMILES string of the molecule is CN(Cc1ccccc1)c1cc(N)ncn1. The number of hydrogen-bond donors (Lipinski definition) is 1. The second-order valence-electron chi connectivity index (χ2n) is 3.64. The molecule has 2 aromatic rings. The number of hydrogen-bond acceptors (Lipinski definition) is 4. The Morgan fingerprint density at radius 1 is 1.19 bits per heavy atom. The summed E-state index contributed by atoms with van der Waals surface area (Å²) in [5, 5.41) is 0. The first-order valence-corrected chi connectivity index (χ1v) is 5.08. The highest BCUT2D eigenvalue weighted by atomic mass is 15.2. The molecule has 0 atom stereocenters. The highest BCUT2D eigenvalue weighted by molar-refractivity contribution is 5.45. The molecule has 0 radical (unpaired) electrons. The van der Waals surface area contributed by atoms with Gasteiger partial charge in [0, 0.05) is 19.7 Å². The van der Waals surface area contributed by atoms with Crippen LogP contribution in [0, 0.1) is 0 Å². The Morgan fingerprint density at radius 3 is 2.62 bits per heavy atom. The van der Waals surface area contributed by atoms with Crippen LogP contribution in [0.1, 0.15) is 5.56 Å². The van der Waals surface area contributed by atoms with Crippen LogP contribution < -0.4 is 10.6 Å². The maximum Gasteiger partial charge on any atom is 0.134 e. The highest BCUT2D eigenvalue weighted by Crippen LogP contribution is 2.13. The molecule has 82 valence electrons. The van der Waals surface area contributed by atoms with Crippen LogP contribution in [0.2, 0.25) is 0 Å². The molecule has 0 aliphatic heterocycles. The number of nitrogens with two attached hydrogens (primary N) is 1. The van der Waals surface area contributed by atoms with Crippen molar-refractivity contribution >= 4 is 11.6 Å². The van der Waals surface area contributed by atoms with Gasteiger partial charge in [-0.2, -0.15) is 0 Å². The van der Waals surface area contributed by atoms with Gasteiger partial charge >= 0.3 is 0 Å². The Bertz CT molecular complexity index is 456. The van der Waals surface area contributed by atoms with E-state index in [2.05, 4.69) is 22.1 Å². The fourth-order valence-corrected chi connectivity index (χ4v) is 1.51. The zero-order chi connectivity index (χ0) is 11.4. The molecule has 0 saturated heterocycles. The Kier molecular flexibility index (Phi) is 3.00. The van der Waals surface area contributed by atoms with Crippen LogP contribution in [0.25, 0.3) is 0 Å². The molecule has 0 unspecified atom stereocenters. The summed E-state index contributed by atoms with van der Waals surface area (Å²) in [5.74, 6) is 1.32. The molecule has 1 aromatic heterocycles. The maximum atomic E-state index is 5.61. The predicted molar refractivity (Wildman–Crippen MR) is 65.0 cm³/mol. The molecule has 0 amide bonds. The lowest BCUT2D eigenvalue weighted by Crippen LogP contribution is -2.17. The zero-order valence-corrected chi connectivity index (χ0v) is 9.17. The minimum Gasteiger partial charge on any atom is -0.384 e. The highest BCUT2D eigenvalue weighted by Gasteiger charge is 2.03. The topological polar surface area (TPSA) is 55.0 Å². The lowest BCUT2D eigenvalue weighted by Gasteiger charge is -2.17. The van der Waals surface area contributed by atoms with Crippen molar-refractivity contribution in [3.63, 3.8) is 0 Å². The van der Waals surface area contributed by atoms with Gasteiger partial charge in [-0.15, -0.1) is 0 Å². The number of rotatable bonds is 3. The molecule has 0 aliphatic carbocycles.